The van der Waals surface area contributed by atoms with Crippen molar-refractivity contribution in [3.63, 3.8) is 0 Å². The lowest BCUT2D eigenvalue weighted by Crippen LogP contribution is -2.27. The number of benzene rings is 2. The minimum Gasteiger partial charge on any atom is -0.444 e. The quantitative estimate of drug-likeness (QED) is 0.473. The molecule has 0 aliphatic heterocycles. The van der Waals surface area contributed by atoms with Gasteiger partial charge in [0.1, 0.15) is 0 Å². The second-order valence-corrected chi connectivity index (χ2v) is 7.47. The molecule has 0 spiro atoms. The Morgan fingerprint density at radius 1 is 0.968 bits per heavy atom. The lowest BCUT2D eigenvalue weighted by Gasteiger charge is -2.13. The molecule has 2 N–H and O–H groups in total. The topological polar surface area (TPSA) is 71.3 Å². The third kappa shape index (κ3) is 6.45. The van der Waals surface area contributed by atoms with E-state index in [1.807, 2.05) is 0 Å². The van der Waals surface area contributed by atoms with E-state index in [1.54, 1.807) is 30.3 Å². The molecule has 0 saturated heterocycles. The number of rotatable bonds is 7. The smallest absolute Gasteiger partial charge is 0.416 e. The van der Waals surface area contributed by atoms with Crippen molar-refractivity contribution < 1.29 is 27.2 Å². The fraction of sp³-hybridized carbons (Fsp3) is 0.182. The number of hydrogen-bond donors (Lipinski definition) is 2. The molecule has 3 aromatic rings. The Kier molecular flexibility index (Phi) is 7.17. The van der Waals surface area contributed by atoms with Crippen LogP contribution in [0, 0.1) is 0 Å². The zero-order chi connectivity index (χ0) is 22.4. The fourth-order valence-corrected chi connectivity index (χ4v) is 3.24. The van der Waals surface area contributed by atoms with E-state index >= 15 is 0 Å². The van der Waals surface area contributed by atoms with E-state index in [9.17, 15) is 22.8 Å². The van der Waals surface area contributed by atoms with Crippen molar-refractivity contribution in [2.75, 3.05) is 11.9 Å². The van der Waals surface area contributed by atoms with Crippen LogP contribution < -0.4 is 10.6 Å². The van der Waals surface area contributed by atoms with Gasteiger partial charge in [0.25, 0.3) is 5.91 Å². The molecule has 3 rings (SSSR count). The number of hydrogen-bond acceptors (Lipinski definition) is 3. The number of nitrogens with one attached hydrogen (secondary N) is 2. The largest absolute Gasteiger partial charge is 0.444 e. The molecule has 0 radical (unpaired) electrons. The molecule has 0 fully saturated rings. The van der Waals surface area contributed by atoms with Crippen LogP contribution in [0.4, 0.5) is 18.9 Å². The van der Waals surface area contributed by atoms with E-state index in [4.69, 9.17) is 4.42 Å². The first-order valence-electron chi connectivity index (χ1n) is 9.30. The Balaban J connectivity index is 1.48. The standard InChI is InChI=1S/C22H18BrF3N2O3/c23-19-10-9-18(31-19)21(30)28-16-7-5-14(6-8-16)13-20(29)27-12-11-15-3-1-2-4-17(15)22(24,25)26/h1-10H,11-13H2,(H,27,29)(H,28,30). The Hall–Kier alpha value is -3.07. The maximum atomic E-state index is 13.0. The van der Waals surface area contributed by atoms with Crippen molar-refractivity contribution in [3.05, 3.63) is 87.8 Å². The van der Waals surface area contributed by atoms with Gasteiger partial charge in [-0.15, -0.1) is 0 Å². The predicted octanol–water partition coefficient (Wildman–Crippen LogP) is 5.21. The molecule has 0 atom stereocenters. The number of anilines is 1. The third-order valence-corrected chi connectivity index (χ3v) is 4.84. The molecule has 5 nitrogen and oxygen atoms in total. The van der Waals surface area contributed by atoms with Crippen molar-refractivity contribution in [2.24, 2.45) is 0 Å². The van der Waals surface area contributed by atoms with Crippen LogP contribution in [-0.4, -0.2) is 18.4 Å². The summed E-state index contributed by atoms with van der Waals surface area (Å²) in [4.78, 5) is 24.2. The molecular formula is C22H18BrF3N2O3. The van der Waals surface area contributed by atoms with Gasteiger partial charge in [-0.3, -0.25) is 9.59 Å². The van der Waals surface area contributed by atoms with Crippen LogP contribution in [-0.2, 0) is 23.8 Å². The number of halogens is 4. The molecule has 0 aliphatic carbocycles. The zero-order valence-corrected chi connectivity index (χ0v) is 17.7. The van der Waals surface area contributed by atoms with Gasteiger partial charge >= 0.3 is 6.18 Å². The van der Waals surface area contributed by atoms with Gasteiger partial charge in [0.05, 0.1) is 12.0 Å². The Bertz CT molecular complexity index is 1060. The first-order chi connectivity index (χ1) is 14.7. The number of furan rings is 1. The highest BCUT2D eigenvalue weighted by Crippen LogP contribution is 2.31. The molecule has 31 heavy (non-hydrogen) atoms. The van der Waals surface area contributed by atoms with Crippen LogP contribution in [0.25, 0.3) is 0 Å². The van der Waals surface area contributed by atoms with Crippen LogP contribution >= 0.6 is 15.9 Å². The van der Waals surface area contributed by atoms with E-state index in [2.05, 4.69) is 26.6 Å². The highest BCUT2D eigenvalue weighted by Gasteiger charge is 2.32. The van der Waals surface area contributed by atoms with E-state index in [0.29, 0.717) is 15.9 Å². The van der Waals surface area contributed by atoms with Crippen LogP contribution in [0.1, 0.15) is 27.2 Å². The van der Waals surface area contributed by atoms with Crippen LogP contribution in [0.2, 0.25) is 0 Å². The second-order valence-electron chi connectivity index (χ2n) is 6.69. The van der Waals surface area contributed by atoms with Crippen molar-refractivity contribution in [2.45, 2.75) is 19.0 Å². The van der Waals surface area contributed by atoms with Crippen molar-refractivity contribution in [1.82, 2.24) is 5.32 Å². The normalized spacial score (nSPS) is 11.2. The third-order valence-electron chi connectivity index (χ3n) is 4.41. The summed E-state index contributed by atoms with van der Waals surface area (Å²) in [7, 11) is 0. The van der Waals surface area contributed by atoms with Crippen LogP contribution in [0.3, 0.4) is 0 Å². The number of amides is 2. The highest BCUT2D eigenvalue weighted by atomic mass is 79.9. The molecular weight excluding hydrogens is 477 g/mol. The maximum absolute atomic E-state index is 13.0. The first-order valence-corrected chi connectivity index (χ1v) is 10.1. The molecule has 2 amide bonds. The Morgan fingerprint density at radius 3 is 2.32 bits per heavy atom. The molecule has 9 heteroatoms. The summed E-state index contributed by atoms with van der Waals surface area (Å²) in [6.07, 6.45) is -4.28. The first kappa shape index (κ1) is 22.6. The van der Waals surface area contributed by atoms with Gasteiger partial charge < -0.3 is 15.1 Å². The summed E-state index contributed by atoms with van der Waals surface area (Å²) >= 11 is 3.13. The molecule has 2 aromatic carbocycles. The summed E-state index contributed by atoms with van der Waals surface area (Å²) in [5, 5.41) is 5.31. The molecule has 0 unspecified atom stereocenters. The summed E-state index contributed by atoms with van der Waals surface area (Å²) < 4.78 is 44.7. The van der Waals surface area contributed by atoms with Crippen molar-refractivity contribution >= 4 is 33.4 Å². The molecule has 1 aromatic heterocycles. The van der Waals surface area contributed by atoms with Gasteiger partial charge in [0, 0.05) is 12.2 Å². The SMILES string of the molecule is O=C(Cc1ccc(NC(=O)c2ccc(Br)o2)cc1)NCCc1ccccc1C(F)(F)F. The summed E-state index contributed by atoms with van der Waals surface area (Å²) in [5.41, 5.74) is 0.681. The fourth-order valence-electron chi connectivity index (χ4n) is 2.93. The molecule has 0 saturated carbocycles. The second kappa shape index (κ2) is 9.82. The van der Waals surface area contributed by atoms with E-state index in [1.165, 1.54) is 24.3 Å². The van der Waals surface area contributed by atoms with Gasteiger partial charge in [-0.1, -0.05) is 30.3 Å². The van der Waals surface area contributed by atoms with Gasteiger partial charge in [-0.2, -0.15) is 13.2 Å². The zero-order valence-electron chi connectivity index (χ0n) is 16.1. The van der Waals surface area contributed by atoms with E-state index in [-0.39, 0.29) is 36.6 Å². The van der Waals surface area contributed by atoms with Gasteiger partial charge in [-0.25, -0.2) is 0 Å². The predicted molar refractivity (Wildman–Crippen MR) is 113 cm³/mol. The molecule has 0 aliphatic rings. The maximum Gasteiger partial charge on any atom is 0.416 e. The molecule has 0 bridgehead atoms. The summed E-state index contributed by atoms with van der Waals surface area (Å²) in [6.45, 7) is 0.0960. The number of carbonyl (C=O) groups excluding carboxylic acids is 2. The minimum atomic E-state index is -4.43. The number of alkyl halides is 3. The van der Waals surface area contributed by atoms with Crippen LogP contribution in [0.5, 0.6) is 0 Å². The summed E-state index contributed by atoms with van der Waals surface area (Å²) in [6, 6.07) is 15.1. The average Bonchev–Trinajstić information content (AvgIpc) is 3.16. The van der Waals surface area contributed by atoms with Gasteiger partial charge in [0.2, 0.25) is 5.91 Å². The number of carbonyl (C=O) groups is 2. The highest BCUT2D eigenvalue weighted by molar-refractivity contribution is 9.10. The monoisotopic (exact) mass is 494 g/mol. The van der Waals surface area contributed by atoms with E-state index < -0.39 is 17.6 Å². The Morgan fingerprint density at radius 2 is 1.68 bits per heavy atom. The lowest BCUT2D eigenvalue weighted by atomic mass is 10.0. The summed E-state index contributed by atoms with van der Waals surface area (Å²) in [5.74, 6) is -0.556. The average molecular weight is 495 g/mol. The van der Waals surface area contributed by atoms with Crippen molar-refractivity contribution in [3.8, 4) is 0 Å². The Labute approximate surface area is 184 Å². The molecule has 1 heterocycles. The minimum absolute atomic E-state index is 0.0697. The lowest BCUT2D eigenvalue weighted by molar-refractivity contribution is -0.138. The van der Waals surface area contributed by atoms with E-state index in [0.717, 1.165) is 6.07 Å². The van der Waals surface area contributed by atoms with Gasteiger partial charge in [-0.05, 0) is 63.8 Å². The van der Waals surface area contributed by atoms with Gasteiger partial charge in [0.15, 0.2) is 10.4 Å². The van der Waals surface area contributed by atoms with Crippen LogP contribution in [0.15, 0.2) is 69.8 Å². The molecule has 162 valence electrons. The van der Waals surface area contributed by atoms with Crippen molar-refractivity contribution in [1.29, 1.82) is 0 Å².